The Labute approximate surface area is 234 Å². The Hall–Kier alpha value is -3.47. The summed E-state index contributed by atoms with van der Waals surface area (Å²) in [6, 6.07) is 14.4. The van der Waals surface area contributed by atoms with Gasteiger partial charge >= 0.3 is 5.97 Å². The molecule has 0 spiro atoms. The average Bonchev–Trinajstić information content (AvgIpc) is 2.97. The number of aromatic nitrogens is 2. The van der Waals surface area contributed by atoms with E-state index in [1.54, 1.807) is 24.3 Å². The van der Waals surface area contributed by atoms with Gasteiger partial charge < -0.3 is 9.47 Å². The standard InChI is InChI=1S/C34H44N2O3/c1-4-6-7-8-9-13-24-38-31-20-18-30(19-21-31)34(37)39-32-22-16-29(17-23-32)33-35-25-28(26-36-33)15-12-10-11-14-27(3)5-2/h4,16-23,25-27H,1,5-15,24H2,2-3H3/t27-/m0/s1. The number of unbranched alkanes of at least 4 members (excludes halogenated alkanes) is 6. The zero-order chi connectivity index (χ0) is 27.7. The molecule has 3 aromatic rings. The van der Waals surface area contributed by atoms with Gasteiger partial charge in [0, 0.05) is 18.0 Å². The van der Waals surface area contributed by atoms with Crippen LogP contribution in [0.2, 0.25) is 0 Å². The number of aryl methyl sites for hydroxylation is 1. The molecule has 1 atom stereocenters. The third-order valence-electron chi connectivity index (χ3n) is 7.05. The van der Waals surface area contributed by atoms with E-state index < -0.39 is 5.97 Å². The number of esters is 1. The molecule has 0 amide bonds. The summed E-state index contributed by atoms with van der Waals surface area (Å²) in [6.45, 7) is 9.01. The third-order valence-corrected chi connectivity index (χ3v) is 7.05. The monoisotopic (exact) mass is 528 g/mol. The van der Waals surface area contributed by atoms with Crippen LogP contribution in [0.15, 0.2) is 73.6 Å². The molecule has 0 aliphatic heterocycles. The van der Waals surface area contributed by atoms with Crippen LogP contribution in [0, 0.1) is 5.92 Å². The van der Waals surface area contributed by atoms with Gasteiger partial charge in [-0.15, -0.1) is 6.58 Å². The quantitative estimate of drug-likeness (QED) is 0.0713. The molecule has 5 heteroatoms. The first-order chi connectivity index (χ1) is 19.1. The van der Waals surface area contributed by atoms with Gasteiger partial charge in [-0.25, -0.2) is 14.8 Å². The van der Waals surface area contributed by atoms with Crippen molar-refractivity contribution >= 4 is 5.97 Å². The fourth-order valence-corrected chi connectivity index (χ4v) is 4.30. The van der Waals surface area contributed by atoms with Crippen molar-refractivity contribution in [3.05, 3.63) is 84.7 Å². The summed E-state index contributed by atoms with van der Waals surface area (Å²) >= 11 is 0. The lowest BCUT2D eigenvalue weighted by molar-refractivity contribution is 0.0734. The molecule has 39 heavy (non-hydrogen) atoms. The lowest BCUT2D eigenvalue weighted by atomic mass is 10.00. The number of benzene rings is 2. The molecule has 0 N–H and O–H groups in total. The molecule has 0 saturated heterocycles. The number of carbonyl (C=O) groups is 1. The van der Waals surface area contributed by atoms with E-state index in [4.69, 9.17) is 9.47 Å². The fourth-order valence-electron chi connectivity index (χ4n) is 4.30. The summed E-state index contributed by atoms with van der Waals surface area (Å²) in [5.41, 5.74) is 2.54. The molecule has 208 valence electrons. The Morgan fingerprint density at radius 2 is 1.54 bits per heavy atom. The van der Waals surface area contributed by atoms with Crippen molar-refractivity contribution in [3.8, 4) is 22.9 Å². The van der Waals surface area contributed by atoms with Gasteiger partial charge in [-0.2, -0.15) is 0 Å². The molecule has 2 aromatic carbocycles. The van der Waals surface area contributed by atoms with Crippen LogP contribution in [0.3, 0.4) is 0 Å². The van der Waals surface area contributed by atoms with Crippen LogP contribution < -0.4 is 9.47 Å². The van der Waals surface area contributed by atoms with Gasteiger partial charge in [0.15, 0.2) is 5.82 Å². The van der Waals surface area contributed by atoms with E-state index in [0.717, 1.165) is 42.9 Å². The molecule has 0 aliphatic rings. The zero-order valence-electron chi connectivity index (χ0n) is 23.7. The Bertz CT molecular complexity index is 1110. The number of rotatable bonds is 18. The topological polar surface area (TPSA) is 61.3 Å². The molecule has 3 rings (SSSR count). The van der Waals surface area contributed by atoms with E-state index in [0.29, 0.717) is 23.7 Å². The minimum absolute atomic E-state index is 0.402. The van der Waals surface area contributed by atoms with Gasteiger partial charge in [-0.1, -0.05) is 58.4 Å². The highest BCUT2D eigenvalue weighted by Gasteiger charge is 2.10. The van der Waals surface area contributed by atoms with Crippen LogP contribution in [-0.2, 0) is 6.42 Å². The Morgan fingerprint density at radius 3 is 2.23 bits per heavy atom. The average molecular weight is 529 g/mol. The van der Waals surface area contributed by atoms with Crippen LogP contribution in [-0.4, -0.2) is 22.5 Å². The van der Waals surface area contributed by atoms with Gasteiger partial charge in [-0.05, 0) is 92.1 Å². The van der Waals surface area contributed by atoms with Crippen molar-refractivity contribution in [1.82, 2.24) is 9.97 Å². The Balaban J connectivity index is 1.40. The molecular weight excluding hydrogens is 484 g/mol. The van der Waals surface area contributed by atoms with E-state index in [1.165, 1.54) is 50.5 Å². The second-order valence-electron chi connectivity index (χ2n) is 10.3. The molecule has 0 aliphatic carbocycles. The number of nitrogens with zero attached hydrogens (tertiary/aromatic N) is 2. The third kappa shape index (κ3) is 11.0. The maximum atomic E-state index is 12.6. The molecule has 0 unspecified atom stereocenters. The molecule has 0 saturated carbocycles. The van der Waals surface area contributed by atoms with E-state index in [-0.39, 0.29) is 0 Å². The number of carbonyl (C=O) groups excluding carboxylic acids is 1. The number of hydrogen-bond acceptors (Lipinski definition) is 5. The van der Waals surface area contributed by atoms with Gasteiger partial charge in [0.2, 0.25) is 0 Å². The molecule has 1 aromatic heterocycles. The molecule has 0 radical (unpaired) electrons. The smallest absolute Gasteiger partial charge is 0.343 e. The van der Waals surface area contributed by atoms with Crippen molar-refractivity contribution in [2.45, 2.75) is 84.5 Å². The van der Waals surface area contributed by atoms with Crippen molar-refractivity contribution in [3.63, 3.8) is 0 Å². The number of allylic oxidation sites excluding steroid dienone is 1. The summed E-state index contributed by atoms with van der Waals surface area (Å²) < 4.78 is 11.3. The zero-order valence-corrected chi connectivity index (χ0v) is 23.7. The highest BCUT2D eigenvalue weighted by Crippen LogP contribution is 2.21. The van der Waals surface area contributed by atoms with Crippen LogP contribution in [0.4, 0.5) is 0 Å². The predicted molar refractivity (Wildman–Crippen MR) is 159 cm³/mol. The maximum absolute atomic E-state index is 12.6. The van der Waals surface area contributed by atoms with Gasteiger partial charge in [-0.3, -0.25) is 0 Å². The van der Waals surface area contributed by atoms with Crippen molar-refractivity contribution in [2.24, 2.45) is 5.92 Å². The van der Waals surface area contributed by atoms with Crippen molar-refractivity contribution < 1.29 is 14.3 Å². The summed E-state index contributed by atoms with van der Waals surface area (Å²) in [4.78, 5) is 21.7. The summed E-state index contributed by atoms with van der Waals surface area (Å²) in [6.07, 6.45) is 18.7. The van der Waals surface area contributed by atoms with Gasteiger partial charge in [0.1, 0.15) is 11.5 Å². The highest BCUT2D eigenvalue weighted by molar-refractivity contribution is 5.91. The Kier molecular flexibility index (Phi) is 13.3. The van der Waals surface area contributed by atoms with E-state index in [9.17, 15) is 4.79 Å². The van der Waals surface area contributed by atoms with E-state index in [1.807, 2.05) is 42.7 Å². The van der Waals surface area contributed by atoms with Crippen LogP contribution in [0.1, 0.15) is 94.0 Å². The molecule has 0 fully saturated rings. The molecule has 5 nitrogen and oxygen atoms in total. The van der Waals surface area contributed by atoms with E-state index in [2.05, 4.69) is 30.4 Å². The predicted octanol–water partition coefficient (Wildman–Crippen LogP) is 9.03. The minimum atomic E-state index is -0.402. The number of hydrogen-bond donors (Lipinski definition) is 0. The maximum Gasteiger partial charge on any atom is 0.343 e. The molecule has 1 heterocycles. The first-order valence-electron chi connectivity index (χ1n) is 14.6. The molecular formula is C34H44N2O3. The molecule has 0 bridgehead atoms. The van der Waals surface area contributed by atoms with Crippen molar-refractivity contribution in [2.75, 3.05) is 6.61 Å². The van der Waals surface area contributed by atoms with Crippen molar-refractivity contribution in [1.29, 1.82) is 0 Å². The van der Waals surface area contributed by atoms with Crippen LogP contribution in [0.25, 0.3) is 11.4 Å². The minimum Gasteiger partial charge on any atom is -0.494 e. The second-order valence-corrected chi connectivity index (χ2v) is 10.3. The highest BCUT2D eigenvalue weighted by atomic mass is 16.5. The lowest BCUT2D eigenvalue weighted by Crippen LogP contribution is -2.08. The van der Waals surface area contributed by atoms with Crippen LogP contribution in [0.5, 0.6) is 11.5 Å². The van der Waals surface area contributed by atoms with Gasteiger partial charge in [0.25, 0.3) is 0 Å². The van der Waals surface area contributed by atoms with E-state index >= 15 is 0 Å². The SMILES string of the molecule is C=CCCCCCCOc1ccc(C(=O)Oc2ccc(-c3ncc(CCCCC[C@@H](C)CC)cn3)cc2)cc1. The first kappa shape index (κ1) is 30.1. The summed E-state index contributed by atoms with van der Waals surface area (Å²) in [5, 5.41) is 0. The normalized spacial score (nSPS) is 11.6. The summed E-state index contributed by atoms with van der Waals surface area (Å²) in [7, 11) is 0. The summed E-state index contributed by atoms with van der Waals surface area (Å²) in [5.74, 6) is 2.33. The number of ether oxygens (including phenoxy) is 2. The van der Waals surface area contributed by atoms with Gasteiger partial charge in [0.05, 0.1) is 12.2 Å². The second kappa shape index (κ2) is 17.2. The Morgan fingerprint density at radius 1 is 0.872 bits per heavy atom. The fraction of sp³-hybridized carbons (Fsp3) is 0.441. The largest absolute Gasteiger partial charge is 0.494 e. The first-order valence-corrected chi connectivity index (χ1v) is 14.6. The lowest BCUT2D eigenvalue weighted by Gasteiger charge is -2.08. The van der Waals surface area contributed by atoms with Crippen LogP contribution >= 0.6 is 0 Å².